The highest BCUT2D eigenvalue weighted by Gasteiger charge is 2.50. The number of rotatable bonds is 13. The van der Waals surface area contributed by atoms with Crippen molar-refractivity contribution in [2.24, 2.45) is 5.92 Å². The normalized spacial score (nSPS) is 16.8. The Hall–Kier alpha value is -3.78. The van der Waals surface area contributed by atoms with Gasteiger partial charge in [-0.15, -0.1) is 0 Å². The lowest BCUT2D eigenvalue weighted by Gasteiger charge is -2.36. The number of likely N-dealkylation sites (tertiary alicyclic amines) is 1. The van der Waals surface area contributed by atoms with Crippen LogP contribution in [0.3, 0.4) is 0 Å². The molecule has 0 aromatic heterocycles. The Morgan fingerprint density at radius 2 is 1.54 bits per heavy atom. The number of halogens is 3. The van der Waals surface area contributed by atoms with Crippen molar-refractivity contribution in [1.29, 1.82) is 0 Å². The molecule has 1 saturated heterocycles. The lowest BCUT2D eigenvalue weighted by atomic mass is 9.90. The second kappa shape index (κ2) is 17.8. The van der Waals surface area contributed by atoms with Gasteiger partial charge in [0, 0.05) is 36.8 Å². The van der Waals surface area contributed by atoms with Gasteiger partial charge in [-0.25, -0.2) is 13.2 Å². The van der Waals surface area contributed by atoms with E-state index < -0.39 is 45.2 Å². The molecule has 1 aliphatic carbocycles. The molecule has 54 heavy (non-hydrogen) atoms. The number of hydrogen-bond donors (Lipinski definition) is 2. The summed E-state index contributed by atoms with van der Waals surface area (Å²) in [5, 5.41) is 3.26. The Bertz CT molecular complexity index is 1840. The minimum absolute atomic E-state index is 0.0138. The van der Waals surface area contributed by atoms with E-state index in [1.54, 1.807) is 39.0 Å². The molecule has 3 aromatic carbocycles. The number of sulfonamides is 1. The molecule has 1 unspecified atom stereocenters. The van der Waals surface area contributed by atoms with Crippen molar-refractivity contribution in [3.05, 3.63) is 82.9 Å². The standard InChI is InChI=1S/C40H50ClF2N3O7S/c1-39(2,3)53-38(48)44-32-20-22-46(23-21-32)37(47)36(45-54(49,50)34-17-15-33(16-18-34)52-25-27-8-6-5-7-9-27)40(42,43)31-13-10-28(11-14-31)29-12-19-35(41)30(24-29)26-51-4/h10-19,24,27,32,36,45H,5-9,20-23,25-26H2,1-4H3,(H,44,48). The predicted octanol–water partition coefficient (Wildman–Crippen LogP) is 8.07. The van der Waals surface area contributed by atoms with Crippen LogP contribution in [0.4, 0.5) is 13.6 Å². The van der Waals surface area contributed by atoms with Crippen molar-refractivity contribution in [2.45, 2.75) is 101 Å². The predicted molar refractivity (Wildman–Crippen MR) is 203 cm³/mol. The maximum Gasteiger partial charge on any atom is 0.407 e. The van der Waals surface area contributed by atoms with E-state index >= 15 is 8.78 Å². The summed E-state index contributed by atoms with van der Waals surface area (Å²) in [6, 6.07) is 13.3. The van der Waals surface area contributed by atoms with Gasteiger partial charge < -0.3 is 24.4 Å². The van der Waals surface area contributed by atoms with Crippen molar-refractivity contribution in [3.63, 3.8) is 0 Å². The number of carbonyl (C=O) groups excluding carboxylic acids is 2. The number of carbonyl (C=O) groups is 2. The van der Waals surface area contributed by atoms with Gasteiger partial charge in [-0.05, 0) is 105 Å². The van der Waals surface area contributed by atoms with Crippen molar-refractivity contribution in [1.82, 2.24) is 14.9 Å². The van der Waals surface area contributed by atoms with E-state index in [-0.39, 0.29) is 43.5 Å². The van der Waals surface area contributed by atoms with Gasteiger partial charge in [-0.1, -0.05) is 61.2 Å². The molecule has 5 rings (SSSR count). The molecule has 2 aliphatic rings. The van der Waals surface area contributed by atoms with Crippen LogP contribution in [0.1, 0.15) is 76.8 Å². The summed E-state index contributed by atoms with van der Waals surface area (Å²) in [7, 11) is -3.09. The Morgan fingerprint density at radius 1 is 0.907 bits per heavy atom. The number of alkyl carbamates (subject to hydrolysis) is 1. The van der Waals surface area contributed by atoms with E-state index in [2.05, 4.69) is 10.0 Å². The molecule has 1 heterocycles. The zero-order chi connectivity index (χ0) is 39.1. The van der Waals surface area contributed by atoms with Crippen molar-refractivity contribution < 1.29 is 41.0 Å². The number of amides is 2. The van der Waals surface area contributed by atoms with Gasteiger partial charge in [-0.2, -0.15) is 13.5 Å². The fourth-order valence-electron chi connectivity index (χ4n) is 6.76. The summed E-state index contributed by atoms with van der Waals surface area (Å²) in [6.07, 6.45) is 5.60. The fraction of sp³-hybridized carbons (Fsp3) is 0.500. The zero-order valence-corrected chi connectivity index (χ0v) is 32.8. The molecular formula is C40H50ClF2N3O7S. The average Bonchev–Trinajstić information content (AvgIpc) is 3.14. The van der Waals surface area contributed by atoms with E-state index in [0.717, 1.165) is 31.2 Å². The molecule has 0 radical (unpaired) electrons. The minimum Gasteiger partial charge on any atom is -0.493 e. The Labute approximate surface area is 321 Å². The van der Waals surface area contributed by atoms with Gasteiger partial charge in [-0.3, -0.25) is 4.79 Å². The van der Waals surface area contributed by atoms with Gasteiger partial charge in [0.15, 0.2) is 6.04 Å². The first-order chi connectivity index (χ1) is 25.6. The van der Waals surface area contributed by atoms with Crippen LogP contribution in [-0.4, -0.2) is 69.8 Å². The van der Waals surface area contributed by atoms with Crippen molar-refractivity contribution >= 4 is 33.6 Å². The molecule has 2 N–H and O–H groups in total. The third-order valence-corrected chi connectivity index (χ3v) is 11.5. The first-order valence-corrected chi connectivity index (χ1v) is 20.2. The molecule has 2 fully saturated rings. The van der Waals surface area contributed by atoms with E-state index in [1.165, 1.54) is 67.0 Å². The maximum absolute atomic E-state index is 16.7. The van der Waals surface area contributed by atoms with Crippen molar-refractivity contribution in [3.8, 4) is 16.9 Å². The molecule has 14 heteroatoms. The van der Waals surface area contributed by atoms with Crippen LogP contribution in [-0.2, 0) is 36.8 Å². The Balaban J connectivity index is 1.36. The van der Waals surface area contributed by atoms with Gasteiger partial charge in [0.2, 0.25) is 15.9 Å². The van der Waals surface area contributed by atoms with Crippen LogP contribution < -0.4 is 14.8 Å². The topological polar surface area (TPSA) is 123 Å². The summed E-state index contributed by atoms with van der Waals surface area (Å²) >= 11 is 6.28. The molecule has 0 spiro atoms. The molecule has 1 aliphatic heterocycles. The van der Waals surface area contributed by atoms with E-state index in [4.69, 9.17) is 25.8 Å². The van der Waals surface area contributed by atoms with Crippen LogP contribution >= 0.6 is 11.6 Å². The summed E-state index contributed by atoms with van der Waals surface area (Å²) in [5.74, 6) is -4.16. The average molecular weight is 790 g/mol. The Morgan fingerprint density at radius 3 is 2.15 bits per heavy atom. The van der Waals surface area contributed by atoms with E-state index in [0.29, 0.717) is 34.4 Å². The fourth-order valence-corrected chi connectivity index (χ4v) is 8.12. The molecule has 3 aromatic rings. The number of nitrogens with one attached hydrogen (secondary N) is 2. The highest BCUT2D eigenvalue weighted by atomic mass is 35.5. The van der Waals surface area contributed by atoms with Crippen LogP contribution in [0.2, 0.25) is 5.02 Å². The lowest BCUT2D eigenvalue weighted by Crippen LogP contribution is -2.58. The molecular weight excluding hydrogens is 740 g/mol. The highest BCUT2D eigenvalue weighted by Crippen LogP contribution is 2.36. The first kappa shape index (κ1) is 41.4. The van der Waals surface area contributed by atoms with Crippen LogP contribution in [0.5, 0.6) is 5.75 Å². The summed E-state index contributed by atoms with van der Waals surface area (Å²) in [6.45, 7) is 6.01. The third kappa shape index (κ3) is 10.9. The van der Waals surface area contributed by atoms with Crippen LogP contribution in [0.25, 0.3) is 11.1 Å². The Kier molecular flexibility index (Phi) is 13.6. The van der Waals surface area contributed by atoms with Gasteiger partial charge in [0.25, 0.3) is 5.92 Å². The van der Waals surface area contributed by atoms with Gasteiger partial charge >= 0.3 is 6.09 Å². The molecule has 0 bridgehead atoms. The highest BCUT2D eigenvalue weighted by molar-refractivity contribution is 7.89. The largest absolute Gasteiger partial charge is 0.493 e. The molecule has 10 nitrogen and oxygen atoms in total. The van der Waals surface area contributed by atoms with Crippen LogP contribution in [0, 0.1) is 5.92 Å². The number of benzene rings is 3. The second-order valence-corrected chi connectivity index (χ2v) is 17.1. The summed E-state index contributed by atoms with van der Waals surface area (Å²) in [4.78, 5) is 27.3. The smallest absolute Gasteiger partial charge is 0.407 e. The number of methoxy groups -OCH3 is 1. The number of alkyl halides is 2. The zero-order valence-electron chi connectivity index (χ0n) is 31.2. The van der Waals surface area contributed by atoms with Crippen molar-refractivity contribution in [2.75, 3.05) is 26.8 Å². The summed E-state index contributed by atoms with van der Waals surface area (Å²) < 4.78 is 79.3. The number of hydrogen-bond acceptors (Lipinski definition) is 7. The SMILES string of the molecule is COCc1cc(-c2ccc(C(F)(F)C(NS(=O)(=O)c3ccc(OCC4CCCCC4)cc3)C(=O)N3CCC(NC(=O)OC(C)(C)C)CC3)cc2)ccc1Cl. The summed E-state index contributed by atoms with van der Waals surface area (Å²) in [5.41, 5.74) is 0.784. The lowest BCUT2D eigenvalue weighted by molar-refractivity contribution is -0.145. The molecule has 294 valence electrons. The number of nitrogens with zero attached hydrogens (tertiary/aromatic N) is 1. The quantitative estimate of drug-likeness (QED) is 0.180. The third-order valence-electron chi connectivity index (χ3n) is 9.70. The second-order valence-electron chi connectivity index (χ2n) is 15.0. The minimum atomic E-state index is -4.63. The number of piperidine rings is 1. The van der Waals surface area contributed by atoms with Crippen LogP contribution in [0.15, 0.2) is 71.6 Å². The van der Waals surface area contributed by atoms with E-state index in [1.807, 2.05) is 0 Å². The van der Waals surface area contributed by atoms with Gasteiger partial charge in [0.1, 0.15) is 11.4 Å². The monoisotopic (exact) mass is 789 g/mol. The number of ether oxygens (including phenoxy) is 3. The first-order valence-electron chi connectivity index (χ1n) is 18.4. The molecule has 1 saturated carbocycles. The molecule has 2 amide bonds. The maximum atomic E-state index is 16.7. The van der Waals surface area contributed by atoms with E-state index in [9.17, 15) is 18.0 Å². The van der Waals surface area contributed by atoms with Gasteiger partial charge in [0.05, 0.1) is 18.1 Å². The molecule has 1 atom stereocenters.